The summed E-state index contributed by atoms with van der Waals surface area (Å²) in [6.45, 7) is 1.72. The predicted octanol–water partition coefficient (Wildman–Crippen LogP) is 1.20. The lowest BCUT2D eigenvalue weighted by molar-refractivity contribution is 0.577. The zero-order chi connectivity index (χ0) is 11.5. The lowest BCUT2D eigenvalue weighted by Gasteiger charge is -2.05. The molecule has 80 valence electrons. The Kier molecular flexibility index (Phi) is 2.54. The van der Waals surface area contributed by atoms with Crippen molar-refractivity contribution in [2.24, 2.45) is 5.84 Å². The van der Waals surface area contributed by atoms with Gasteiger partial charge in [0, 0.05) is 0 Å². The molecule has 0 saturated carbocycles. The Bertz CT molecular complexity index is 541. The van der Waals surface area contributed by atoms with Crippen LogP contribution in [-0.4, -0.2) is 9.97 Å². The van der Waals surface area contributed by atoms with E-state index in [0.717, 1.165) is 0 Å². The molecule has 0 aliphatic heterocycles. The minimum atomic E-state index is 0.293. The first-order valence-corrected chi connectivity index (χ1v) is 4.55. The van der Waals surface area contributed by atoms with E-state index in [1.54, 1.807) is 19.1 Å². The second-order valence-electron chi connectivity index (χ2n) is 3.09. The van der Waals surface area contributed by atoms with Crippen molar-refractivity contribution in [3.05, 3.63) is 29.7 Å². The van der Waals surface area contributed by atoms with Gasteiger partial charge in [0.1, 0.15) is 11.6 Å². The van der Waals surface area contributed by atoms with Crippen LogP contribution in [0.3, 0.4) is 0 Å². The number of aromatic nitrogens is 2. The third kappa shape index (κ3) is 1.60. The Balaban J connectivity index is 2.60. The molecule has 0 radical (unpaired) electrons. The number of furan rings is 1. The number of hydrogen-bond donors (Lipinski definition) is 2. The molecule has 0 saturated heterocycles. The second kappa shape index (κ2) is 4.00. The van der Waals surface area contributed by atoms with Crippen LogP contribution in [0, 0.1) is 18.3 Å². The first-order chi connectivity index (χ1) is 7.76. The highest BCUT2D eigenvalue weighted by molar-refractivity contribution is 5.59. The van der Waals surface area contributed by atoms with E-state index in [4.69, 9.17) is 15.5 Å². The van der Waals surface area contributed by atoms with Gasteiger partial charge in [0.25, 0.3) is 0 Å². The molecule has 0 spiro atoms. The smallest absolute Gasteiger partial charge is 0.197 e. The molecular weight excluding hydrogens is 206 g/mol. The zero-order valence-corrected chi connectivity index (χ0v) is 8.56. The van der Waals surface area contributed by atoms with Gasteiger partial charge in [-0.05, 0) is 19.1 Å². The quantitative estimate of drug-likeness (QED) is 0.576. The van der Waals surface area contributed by atoms with Crippen LogP contribution >= 0.6 is 0 Å². The molecule has 0 bridgehead atoms. The maximum Gasteiger partial charge on any atom is 0.197 e. The number of nitrogens with one attached hydrogen (secondary N) is 1. The van der Waals surface area contributed by atoms with E-state index in [-0.39, 0.29) is 0 Å². The second-order valence-corrected chi connectivity index (χ2v) is 3.09. The highest BCUT2D eigenvalue weighted by Gasteiger charge is 2.12. The minimum Gasteiger partial charge on any atom is -0.461 e. The molecule has 2 heterocycles. The summed E-state index contributed by atoms with van der Waals surface area (Å²) < 4.78 is 5.17. The molecular formula is C10H9N5O. The molecule has 0 aliphatic rings. The maximum absolute atomic E-state index is 8.90. The van der Waals surface area contributed by atoms with Gasteiger partial charge in [-0.15, -0.1) is 0 Å². The van der Waals surface area contributed by atoms with E-state index in [1.807, 2.05) is 6.07 Å². The molecule has 0 unspecified atom stereocenters. The van der Waals surface area contributed by atoms with Crippen molar-refractivity contribution in [3.63, 3.8) is 0 Å². The van der Waals surface area contributed by atoms with Crippen molar-refractivity contribution in [2.45, 2.75) is 6.92 Å². The molecule has 6 heteroatoms. The summed E-state index contributed by atoms with van der Waals surface area (Å²) in [5, 5.41) is 8.90. The third-order valence-corrected chi connectivity index (χ3v) is 2.08. The summed E-state index contributed by atoms with van der Waals surface area (Å²) in [5.41, 5.74) is 3.26. The van der Waals surface area contributed by atoms with Crippen LogP contribution in [0.1, 0.15) is 11.3 Å². The van der Waals surface area contributed by atoms with Gasteiger partial charge < -0.3 is 9.84 Å². The highest BCUT2D eigenvalue weighted by atomic mass is 16.3. The fourth-order valence-electron chi connectivity index (χ4n) is 1.33. The van der Waals surface area contributed by atoms with E-state index in [0.29, 0.717) is 28.7 Å². The van der Waals surface area contributed by atoms with Crippen LogP contribution in [0.5, 0.6) is 0 Å². The van der Waals surface area contributed by atoms with Gasteiger partial charge in [-0.1, -0.05) is 0 Å². The van der Waals surface area contributed by atoms with Crippen LogP contribution in [-0.2, 0) is 0 Å². The summed E-state index contributed by atoms with van der Waals surface area (Å²) in [6, 6.07) is 5.46. The van der Waals surface area contributed by atoms with E-state index in [1.165, 1.54) is 6.26 Å². The monoisotopic (exact) mass is 215 g/mol. The van der Waals surface area contributed by atoms with Crippen molar-refractivity contribution in [1.82, 2.24) is 9.97 Å². The summed E-state index contributed by atoms with van der Waals surface area (Å²) in [6.07, 6.45) is 1.53. The fourth-order valence-corrected chi connectivity index (χ4v) is 1.33. The molecule has 0 aromatic carbocycles. The molecule has 16 heavy (non-hydrogen) atoms. The molecule has 0 atom stereocenters. The van der Waals surface area contributed by atoms with Gasteiger partial charge in [0.05, 0.1) is 12.0 Å². The number of hydrazine groups is 1. The van der Waals surface area contributed by atoms with Crippen LogP contribution in [0.15, 0.2) is 22.8 Å². The van der Waals surface area contributed by atoms with Crippen molar-refractivity contribution < 1.29 is 4.42 Å². The number of nitriles is 1. The van der Waals surface area contributed by atoms with Gasteiger partial charge in [-0.2, -0.15) is 5.26 Å². The van der Waals surface area contributed by atoms with Gasteiger partial charge in [-0.3, -0.25) is 0 Å². The molecule has 2 aromatic rings. The SMILES string of the molecule is Cc1nc(-c2ccco2)nc(NN)c1C#N. The zero-order valence-electron chi connectivity index (χ0n) is 8.56. The lowest BCUT2D eigenvalue weighted by Crippen LogP contribution is -2.12. The van der Waals surface area contributed by atoms with E-state index in [2.05, 4.69) is 15.4 Å². The number of anilines is 1. The topological polar surface area (TPSA) is 101 Å². The Labute approximate surface area is 91.7 Å². The number of rotatable bonds is 2. The van der Waals surface area contributed by atoms with E-state index >= 15 is 0 Å². The minimum absolute atomic E-state index is 0.293. The molecule has 0 amide bonds. The molecule has 3 N–H and O–H groups in total. The summed E-state index contributed by atoms with van der Waals surface area (Å²) >= 11 is 0. The normalized spacial score (nSPS) is 9.81. The molecule has 2 aromatic heterocycles. The Morgan fingerprint density at radius 1 is 1.50 bits per heavy atom. The summed E-state index contributed by atoms with van der Waals surface area (Å²) in [4.78, 5) is 8.27. The summed E-state index contributed by atoms with van der Waals surface area (Å²) in [5.74, 6) is 6.52. The highest BCUT2D eigenvalue weighted by Crippen LogP contribution is 2.21. The fraction of sp³-hybridized carbons (Fsp3) is 0.100. The number of nitrogens with zero attached hydrogens (tertiary/aromatic N) is 3. The molecule has 0 aliphatic carbocycles. The van der Waals surface area contributed by atoms with Crippen LogP contribution < -0.4 is 11.3 Å². The van der Waals surface area contributed by atoms with Gasteiger partial charge >= 0.3 is 0 Å². The maximum atomic E-state index is 8.90. The van der Waals surface area contributed by atoms with Gasteiger partial charge in [-0.25, -0.2) is 15.8 Å². The number of nitrogens with two attached hydrogens (primary N) is 1. The average molecular weight is 215 g/mol. The number of hydrogen-bond acceptors (Lipinski definition) is 6. The van der Waals surface area contributed by atoms with Crippen LogP contribution in [0.4, 0.5) is 5.82 Å². The van der Waals surface area contributed by atoms with Crippen molar-refractivity contribution in [2.75, 3.05) is 5.43 Å². The van der Waals surface area contributed by atoms with Gasteiger partial charge in [0.2, 0.25) is 0 Å². The Hall–Kier alpha value is -2.39. The molecule has 2 rings (SSSR count). The van der Waals surface area contributed by atoms with Gasteiger partial charge in [0.15, 0.2) is 17.4 Å². The van der Waals surface area contributed by atoms with E-state index < -0.39 is 0 Å². The predicted molar refractivity (Wildman–Crippen MR) is 57.0 cm³/mol. The lowest BCUT2D eigenvalue weighted by atomic mass is 10.2. The third-order valence-electron chi connectivity index (χ3n) is 2.08. The van der Waals surface area contributed by atoms with Crippen LogP contribution in [0.25, 0.3) is 11.6 Å². The van der Waals surface area contributed by atoms with E-state index in [9.17, 15) is 0 Å². The standard InChI is InChI=1S/C10H9N5O/c1-6-7(5-11)9(15-12)14-10(13-6)8-3-2-4-16-8/h2-4H,12H2,1H3,(H,13,14,15). The van der Waals surface area contributed by atoms with Crippen molar-refractivity contribution in [3.8, 4) is 17.7 Å². The van der Waals surface area contributed by atoms with Crippen molar-refractivity contribution in [1.29, 1.82) is 5.26 Å². The Morgan fingerprint density at radius 2 is 2.31 bits per heavy atom. The largest absolute Gasteiger partial charge is 0.461 e. The number of aryl methyl sites for hydroxylation is 1. The van der Waals surface area contributed by atoms with Crippen LogP contribution in [0.2, 0.25) is 0 Å². The summed E-state index contributed by atoms with van der Waals surface area (Å²) in [7, 11) is 0. The first kappa shape index (κ1) is 10.1. The first-order valence-electron chi connectivity index (χ1n) is 4.55. The molecule has 0 fully saturated rings. The van der Waals surface area contributed by atoms with Crippen molar-refractivity contribution >= 4 is 5.82 Å². The molecule has 6 nitrogen and oxygen atoms in total. The Morgan fingerprint density at radius 3 is 2.88 bits per heavy atom. The average Bonchev–Trinajstić information content (AvgIpc) is 2.81. The number of nitrogen functional groups attached to an aromatic ring is 1.